The summed E-state index contributed by atoms with van der Waals surface area (Å²) in [5.41, 5.74) is 1.92. The molecule has 0 atom stereocenters. The lowest BCUT2D eigenvalue weighted by Gasteiger charge is -2.18. The summed E-state index contributed by atoms with van der Waals surface area (Å²) in [6.45, 7) is 2.56. The van der Waals surface area contributed by atoms with Gasteiger partial charge in [0.25, 0.3) is 0 Å². The second-order valence-electron chi connectivity index (χ2n) is 3.49. The van der Waals surface area contributed by atoms with Crippen LogP contribution in [0.5, 0.6) is 0 Å². The Bertz CT molecular complexity index is 506. The smallest absolute Gasteiger partial charge is 0.241 e. The van der Waals surface area contributed by atoms with Gasteiger partial charge in [-0.1, -0.05) is 18.2 Å². The Morgan fingerprint density at radius 2 is 2.19 bits per heavy atom. The van der Waals surface area contributed by atoms with Gasteiger partial charge in [0.1, 0.15) is 5.88 Å². The first-order valence-corrected chi connectivity index (χ1v) is 5.73. The first kappa shape index (κ1) is 11.0. The van der Waals surface area contributed by atoms with E-state index < -0.39 is 0 Å². The minimum Gasteiger partial charge on any atom is -0.359 e. The predicted molar refractivity (Wildman–Crippen MR) is 67.0 cm³/mol. The Morgan fingerprint density at radius 1 is 1.44 bits per heavy atom. The number of fused-ring (bicyclic) bond motifs is 1. The number of para-hydroxylation sites is 1. The molecule has 0 saturated heterocycles. The number of carbonyl (C=O) groups excluding carboxylic acids is 1. The van der Waals surface area contributed by atoms with E-state index in [1.165, 1.54) is 0 Å². The molecule has 2 aromatic rings. The number of hydrogen-bond acceptors (Lipinski definition) is 1. The number of benzene rings is 1. The lowest BCUT2D eigenvalue weighted by atomic mass is 10.2. The summed E-state index contributed by atoms with van der Waals surface area (Å²) in [7, 11) is 0. The van der Waals surface area contributed by atoms with Crippen LogP contribution < -0.4 is 4.90 Å². The fourth-order valence-electron chi connectivity index (χ4n) is 1.83. The molecule has 1 heterocycles. The van der Waals surface area contributed by atoms with Gasteiger partial charge in [-0.25, -0.2) is 0 Å². The molecule has 84 valence electrons. The number of nitrogens with one attached hydrogen (secondary N) is 1. The number of aromatic amines is 1. The third kappa shape index (κ3) is 1.78. The molecule has 0 radical (unpaired) electrons. The van der Waals surface area contributed by atoms with E-state index in [2.05, 4.69) is 4.98 Å². The maximum absolute atomic E-state index is 11.7. The van der Waals surface area contributed by atoms with Crippen molar-refractivity contribution in [3.05, 3.63) is 30.5 Å². The molecule has 0 aliphatic rings. The van der Waals surface area contributed by atoms with Gasteiger partial charge >= 0.3 is 0 Å². The topological polar surface area (TPSA) is 36.1 Å². The lowest BCUT2D eigenvalue weighted by molar-refractivity contribution is -0.116. The van der Waals surface area contributed by atoms with E-state index in [1.807, 2.05) is 37.4 Å². The number of rotatable bonds is 3. The average Bonchev–Trinajstić information content (AvgIpc) is 2.74. The molecule has 0 unspecified atom stereocenters. The number of anilines is 1. The van der Waals surface area contributed by atoms with Gasteiger partial charge in [-0.3, -0.25) is 4.79 Å². The molecule has 4 heteroatoms. The van der Waals surface area contributed by atoms with Gasteiger partial charge < -0.3 is 9.88 Å². The standard InChI is InChI=1S/C12H13ClN2O/c1-2-15(12(16)7-13)11-8-14-10-6-4-3-5-9(10)11/h3-6,8,14H,2,7H2,1H3. The molecule has 3 nitrogen and oxygen atoms in total. The van der Waals surface area contributed by atoms with Gasteiger partial charge in [-0.15, -0.1) is 11.6 Å². The summed E-state index contributed by atoms with van der Waals surface area (Å²) < 4.78 is 0. The van der Waals surface area contributed by atoms with E-state index >= 15 is 0 Å². The van der Waals surface area contributed by atoms with Gasteiger partial charge in [0.05, 0.1) is 5.69 Å². The van der Waals surface area contributed by atoms with Crippen LogP contribution >= 0.6 is 11.6 Å². The zero-order valence-corrected chi connectivity index (χ0v) is 9.79. The van der Waals surface area contributed by atoms with Crippen LogP contribution in [-0.2, 0) is 4.79 Å². The van der Waals surface area contributed by atoms with E-state index in [-0.39, 0.29) is 11.8 Å². The van der Waals surface area contributed by atoms with Crippen molar-refractivity contribution in [2.24, 2.45) is 0 Å². The third-order valence-corrected chi connectivity index (χ3v) is 2.82. The number of halogens is 1. The van der Waals surface area contributed by atoms with E-state index in [0.29, 0.717) is 6.54 Å². The molecular formula is C12H13ClN2O. The molecule has 1 amide bonds. The molecular weight excluding hydrogens is 224 g/mol. The van der Waals surface area contributed by atoms with Crippen LogP contribution in [-0.4, -0.2) is 23.3 Å². The average molecular weight is 237 g/mol. The maximum Gasteiger partial charge on any atom is 0.241 e. The number of aromatic nitrogens is 1. The molecule has 1 N–H and O–H groups in total. The van der Waals surface area contributed by atoms with Crippen molar-refractivity contribution < 1.29 is 4.79 Å². The fourth-order valence-corrected chi connectivity index (χ4v) is 1.98. The fraction of sp³-hybridized carbons (Fsp3) is 0.250. The monoisotopic (exact) mass is 236 g/mol. The van der Waals surface area contributed by atoms with Crippen LogP contribution in [0, 0.1) is 0 Å². The summed E-state index contributed by atoms with van der Waals surface area (Å²) >= 11 is 5.59. The van der Waals surface area contributed by atoms with Crippen molar-refractivity contribution in [1.82, 2.24) is 4.98 Å². The Kier molecular flexibility index (Phi) is 3.15. The number of amides is 1. The highest BCUT2D eigenvalue weighted by Crippen LogP contribution is 2.26. The predicted octanol–water partition coefficient (Wildman–Crippen LogP) is 2.76. The van der Waals surface area contributed by atoms with Gasteiger partial charge in [0.2, 0.25) is 5.91 Å². The van der Waals surface area contributed by atoms with Crippen LogP contribution in [0.4, 0.5) is 5.69 Å². The summed E-state index contributed by atoms with van der Waals surface area (Å²) in [4.78, 5) is 16.5. The first-order chi connectivity index (χ1) is 7.77. The van der Waals surface area contributed by atoms with Crippen LogP contribution in [0.15, 0.2) is 30.5 Å². The Hall–Kier alpha value is -1.48. The number of hydrogen-bond donors (Lipinski definition) is 1. The number of nitrogens with zero attached hydrogens (tertiary/aromatic N) is 1. The van der Waals surface area contributed by atoms with Gasteiger partial charge in [-0.2, -0.15) is 0 Å². The quantitative estimate of drug-likeness (QED) is 0.818. The minimum absolute atomic E-state index is 0.00729. The highest BCUT2D eigenvalue weighted by Gasteiger charge is 2.15. The molecule has 0 saturated carbocycles. The molecule has 0 spiro atoms. The van der Waals surface area contributed by atoms with E-state index in [1.54, 1.807) is 4.90 Å². The molecule has 0 fully saturated rings. The summed E-state index contributed by atoms with van der Waals surface area (Å²) in [5, 5.41) is 1.04. The number of alkyl halides is 1. The highest BCUT2D eigenvalue weighted by molar-refractivity contribution is 6.29. The van der Waals surface area contributed by atoms with E-state index in [4.69, 9.17) is 11.6 Å². The molecule has 0 aliphatic carbocycles. The SMILES string of the molecule is CCN(C(=O)CCl)c1c[nH]c2ccccc12. The van der Waals surface area contributed by atoms with Crippen LogP contribution in [0.3, 0.4) is 0 Å². The van der Waals surface area contributed by atoms with Crippen molar-refractivity contribution in [2.45, 2.75) is 6.92 Å². The summed E-state index contributed by atoms with van der Waals surface area (Å²) in [6.07, 6.45) is 1.85. The molecule has 1 aromatic heterocycles. The molecule has 0 bridgehead atoms. The highest BCUT2D eigenvalue weighted by atomic mass is 35.5. The largest absolute Gasteiger partial charge is 0.359 e. The van der Waals surface area contributed by atoms with Crippen molar-refractivity contribution >= 4 is 34.1 Å². The van der Waals surface area contributed by atoms with Gasteiger partial charge in [-0.05, 0) is 13.0 Å². The Labute approximate surface area is 99.0 Å². The minimum atomic E-state index is -0.0751. The summed E-state index contributed by atoms with van der Waals surface area (Å²) in [6, 6.07) is 7.89. The first-order valence-electron chi connectivity index (χ1n) is 5.20. The van der Waals surface area contributed by atoms with E-state index in [9.17, 15) is 4.79 Å². The number of H-pyrrole nitrogens is 1. The van der Waals surface area contributed by atoms with Crippen molar-refractivity contribution in [2.75, 3.05) is 17.3 Å². The van der Waals surface area contributed by atoms with Crippen molar-refractivity contribution in [3.63, 3.8) is 0 Å². The van der Waals surface area contributed by atoms with Crippen LogP contribution in [0.2, 0.25) is 0 Å². The molecule has 0 aliphatic heterocycles. The maximum atomic E-state index is 11.7. The lowest BCUT2D eigenvalue weighted by Crippen LogP contribution is -2.31. The van der Waals surface area contributed by atoms with Crippen molar-refractivity contribution in [1.29, 1.82) is 0 Å². The van der Waals surface area contributed by atoms with Crippen molar-refractivity contribution in [3.8, 4) is 0 Å². The Morgan fingerprint density at radius 3 is 2.88 bits per heavy atom. The van der Waals surface area contributed by atoms with Gasteiger partial charge in [0, 0.05) is 23.6 Å². The van der Waals surface area contributed by atoms with E-state index in [0.717, 1.165) is 16.6 Å². The summed E-state index contributed by atoms with van der Waals surface area (Å²) in [5.74, 6) is -0.0678. The second-order valence-corrected chi connectivity index (χ2v) is 3.76. The zero-order chi connectivity index (χ0) is 11.5. The Balaban J connectivity index is 2.49. The second kappa shape index (κ2) is 4.58. The molecule has 16 heavy (non-hydrogen) atoms. The molecule has 2 rings (SSSR count). The van der Waals surface area contributed by atoms with Crippen LogP contribution in [0.25, 0.3) is 10.9 Å². The van der Waals surface area contributed by atoms with Gasteiger partial charge in [0.15, 0.2) is 0 Å². The molecule has 1 aromatic carbocycles. The zero-order valence-electron chi connectivity index (χ0n) is 9.03. The van der Waals surface area contributed by atoms with Crippen LogP contribution in [0.1, 0.15) is 6.92 Å². The third-order valence-electron chi connectivity index (χ3n) is 2.59. The number of carbonyl (C=O) groups is 1. The normalized spacial score (nSPS) is 10.6.